The minimum absolute atomic E-state index is 0.210. The molecular weight excluding hydrogens is 256 g/mol. The van der Waals surface area contributed by atoms with E-state index in [4.69, 9.17) is 0 Å². The van der Waals surface area contributed by atoms with Gasteiger partial charge in [0.2, 0.25) is 0 Å². The minimum Gasteiger partial charge on any atom is -0.311 e. The van der Waals surface area contributed by atoms with Crippen LogP contribution in [0.2, 0.25) is 0 Å². The van der Waals surface area contributed by atoms with Crippen molar-refractivity contribution in [1.82, 2.24) is 9.27 Å². The second-order valence-electron chi connectivity index (χ2n) is 5.93. The molecule has 2 heterocycles. The van der Waals surface area contributed by atoms with E-state index in [2.05, 4.69) is 11.4 Å². The fourth-order valence-corrected chi connectivity index (χ4v) is 4.66. The van der Waals surface area contributed by atoms with Crippen LogP contribution in [0.1, 0.15) is 38.1 Å². The third-order valence-corrected chi connectivity index (χ3v) is 5.97. The highest BCUT2D eigenvalue weighted by Crippen LogP contribution is 2.42. The molecule has 1 saturated heterocycles. The maximum absolute atomic E-state index is 12.5. The number of fused-ring (bicyclic) bond motifs is 1. The first-order valence-electron chi connectivity index (χ1n) is 7.13. The summed E-state index contributed by atoms with van der Waals surface area (Å²) in [5, 5.41) is 4.56. The Morgan fingerprint density at radius 2 is 2.16 bits per heavy atom. The number of benzene rings is 1. The summed E-state index contributed by atoms with van der Waals surface area (Å²) in [6.07, 6.45) is 6.10. The molecule has 1 N–H and O–H groups in total. The fraction of sp³-hybridized carbons (Fsp3) is 0.533. The Morgan fingerprint density at radius 3 is 2.89 bits per heavy atom. The van der Waals surface area contributed by atoms with E-state index >= 15 is 0 Å². The molecule has 19 heavy (non-hydrogen) atoms. The van der Waals surface area contributed by atoms with Crippen molar-refractivity contribution in [1.29, 1.82) is 0 Å². The van der Waals surface area contributed by atoms with Gasteiger partial charge in [0.15, 0.2) is 0 Å². The standard InChI is InChI=1S/C15H18N2OS/c18-14-12-4-1-2-5-13(12)19-17(14)11-6-9-16-15(10-11)7-3-8-15/h1-2,4-5,11,16H,3,6-10H2. The Balaban J connectivity index is 1.73. The van der Waals surface area contributed by atoms with Gasteiger partial charge in [-0.2, -0.15) is 0 Å². The van der Waals surface area contributed by atoms with Crippen molar-refractivity contribution in [2.75, 3.05) is 6.54 Å². The van der Waals surface area contributed by atoms with Gasteiger partial charge in [-0.15, -0.1) is 0 Å². The molecule has 2 aliphatic rings. The van der Waals surface area contributed by atoms with E-state index in [9.17, 15) is 4.79 Å². The van der Waals surface area contributed by atoms with Gasteiger partial charge in [0.1, 0.15) is 0 Å². The molecule has 1 unspecified atom stereocenters. The van der Waals surface area contributed by atoms with Crippen LogP contribution < -0.4 is 10.9 Å². The van der Waals surface area contributed by atoms with E-state index in [1.54, 1.807) is 11.5 Å². The monoisotopic (exact) mass is 274 g/mol. The number of hydrogen-bond acceptors (Lipinski definition) is 3. The van der Waals surface area contributed by atoms with Gasteiger partial charge < -0.3 is 5.32 Å². The van der Waals surface area contributed by atoms with Gasteiger partial charge in [-0.05, 0) is 50.8 Å². The maximum atomic E-state index is 12.5. The van der Waals surface area contributed by atoms with E-state index in [1.807, 2.05) is 22.2 Å². The molecule has 1 aromatic carbocycles. The van der Waals surface area contributed by atoms with Crippen molar-refractivity contribution in [3.63, 3.8) is 0 Å². The topological polar surface area (TPSA) is 34.0 Å². The van der Waals surface area contributed by atoms with Gasteiger partial charge in [-0.1, -0.05) is 23.7 Å². The van der Waals surface area contributed by atoms with Crippen LogP contribution in [0.25, 0.3) is 10.1 Å². The van der Waals surface area contributed by atoms with Crippen molar-refractivity contribution in [2.24, 2.45) is 0 Å². The molecule has 1 aromatic heterocycles. The normalized spacial score (nSPS) is 25.6. The van der Waals surface area contributed by atoms with Crippen LogP contribution >= 0.6 is 11.5 Å². The molecule has 0 amide bonds. The summed E-state index contributed by atoms with van der Waals surface area (Å²) in [6.45, 7) is 1.05. The lowest BCUT2D eigenvalue weighted by atomic mass is 9.70. The molecule has 0 bridgehead atoms. The zero-order valence-corrected chi connectivity index (χ0v) is 11.7. The van der Waals surface area contributed by atoms with Crippen LogP contribution in [-0.4, -0.2) is 16.0 Å². The summed E-state index contributed by atoms with van der Waals surface area (Å²) in [5.41, 5.74) is 0.556. The van der Waals surface area contributed by atoms with Gasteiger partial charge in [-0.3, -0.25) is 8.75 Å². The lowest BCUT2D eigenvalue weighted by Crippen LogP contribution is -2.56. The molecule has 2 aromatic rings. The lowest BCUT2D eigenvalue weighted by Gasteiger charge is -2.48. The van der Waals surface area contributed by atoms with Crippen molar-refractivity contribution in [3.8, 4) is 0 Å². The second-order valence-corrected chi connectivity index (χ2v) is 6.94. The zero-order valence-electron chi connectivity index (χ0n) is 10.9. The van der Waals surface area contributed by atoms with Crippen molar-refractivity contribution < 1.29 is 0 Å². The van der Waals surface area contributed by atoms with Gasteiger partial charge in [0.05, 0.1) is 16.1 Å². The fourth-order valence-electron chi connectivity index (χ4n) is 3.54. The van der Waals surface area contributed by atoms with E-state index in [0.717, 1.165) is 29.5 Å². The lowest BCUT2D eigenvalue weighted by molar-refractivity contribution is 0.112. The molecule has 0 radical (unpaired) electrons. The molecule has 4 heteroatoms. The SMILES string of the molecule is O=c1c2ccccc2sn1C1CCNC2(CCC2)C1. The maximum Gasteiger partial charge on any atom is 0.268 e. The number of aromatic nitrogens is 1. The quantitative estimate of drug-likeness (QED) is 0.867. The largest absolute Gasteiger partial charge is 0.311 e. The molecule has 4 rings (SSSR count). The molecular formula is C15H18N2OS. The van der Waals surface area contributed by atoms with Crippen molar-refractivity contribution in [3.05, 3.63) is 34.6 Å². The highest BCUT2D eigenvalue weighted by molar-refractivity contribution is 7.13. The summed E-state index contributed by atoms with van der Waals surface area (Å²) in [4.78, 5) is 12.5. The molecule has 100 valence electrons. The highest BCUT2D eigenvalue weighted by atomic mass is 32.1. The van der Waals surface area contributed by atoms with Crippen LogP contribution in [-0.2, 0) is 0 Å². The number of nitrogens with one attached hydrogen (secondary N) is 1. The number of piperidine rings is 1. The van der Waals surface area contributed by atoms with Gasteiger partial charge in [-0.25, -0.2) is 0 Å². The molecule has 3 nitrogen and oxygen atoms in total. The smallest absolute Gasteiger partial charge is 0.268 e. The van der Waals surface area contributed by atoms with Gasteiger partial charge in [0.25, 0.3) is 5.56 Å². The van der Waals surface area contributed by atoms with Crippen molar-refractivity contribution >= 4 is 21.6 Å². The Hall–Kier alpha value is -1.13. The first kappa shape index (κ1) is 11.7. The van der Waals surface area contributed by atoms with E-state index in [1.165, 1.54) is 19.3 Å². The number of rotatable bonds is 1. The third kappa shape index (κ3) is 1.77. The summed E-state index contributed by atoms with van der Waals surface area (Å²) in [6, 6.07) is 8.37. The molecule has 1 spiro atoms. The molecule has 2 fully saturated rings. The van der Waals surface area contributed by atoms with E-state index in [0.29, 0.717) is 11.6 Å². The van der Waals surface area contributed by atoms with Crippen molar-refractivity contribution in [2.45, 2.75) is 43.7 Å². The Kier molecular flexibility index (Phi) is 2.57. The predicted molar refractivity (Wildman–Crippen MR) is 78.9 cm³/mol. The van der Waals surface area contributed by atoms with Gasteiger partial charge in [0, 0.05) is 5.54 Å². The average molecular weight is 274 g/mol. The van der Waals surface area contributed by atoms with Crippen LogP contribution in [0.5, 0.6) is 0 Å². The Labute approximate surface area is 116 Å². The summed E-state index contributed by atoms with van der Waals surface area (Å²) in [7, 11) is 0. The van der Waals surface area contributed by atoms with Crippen LogP contribution in [0.15, 0.2) is 29.1 Å². The van der Waals surface area contributed by atoms with E-state index < -0.39 is 0 Å². The highest BCUT2D eigenvalue weighted by Gasteiger charge is 2.41. The number of nitrogens with zero attached hydrogens (tertiary/aromatic N) is 1. The Morgan fingerprint density at radius 1 is 1.32 bits per heavy atom. The minimum atomic E-state index is 0.210. The summed E-state index contributed by atoms with van der Waals surface area (Å²) < 4.78 is 3.15. The summed E-state index contributed by atoms with van der Waals surface area (Å²) >= 11 is 1.64. The number of hydrogen-bond donors (Lipinski definition) is 1. The van der Waals surface area contributed by atoms with E-state index in [-0.39, 0.29) is 5.56 Å². The van der Waals surface area contributed by atoms with Crippen LogP contribution in [0.4, 0.5) is 0 Å². The molecule has 1 aliphatic carbocycles. The average Bonchev–Trinajstić information content (AvgIpc) is 2.75. The Bertz CT molecular complexity index is 668. The molecule has 1 saturated carbocycles. The summed E-state index contributed by atoms with van der Waals surface area (Å²) in [5.74, 6) is 0. The molecule has 1 aliphatic heterocycles. The van der Waals surface area contributed by atoms with Crippen LogP contribution in [0, 0.1) is 0 Å². The zero-order chi connectivity index (χ0) is 12.9. The molecule has 1 atom stereocenters. The first-order chi connectivity index (χ1) is 9.27. The first-order valence-corrected chi connectivity index (χ1v) is 7.90. The van der Waals surface area contributed by atoms with Crippen LogP contribution in [0.3, 0.4) is 0 Å². The third-order valence-electron chi connectivity index (χ3n) is 4.76. The predicted octanol–water partition coefficient (Wildman–Crippen LogP) is 2.91. The second kappa shape index (κ2) is 4.18. The van der Waals surface area contributed by atoms with Gasteiger partial charge >= 0.3 is 0 Å².